The van der Waals surface area contributed by atoms with Crippen LogP contribution >= 0.6 is 0 Å². The van der Waals surface area contributed by atoms with Crippen molar-refractivity contribution in [1.29, 1.82) is 0 Å². The Morgan fingerprint density at radius 3 is 2.13 bits per heavy atom. The number of piperidine rings is 1. The average molecular weight is 433 g/mol. The molecule has 3 rings (SSSR count). The Kier molecular flexibility index (Phi) is 7.55. The molecule has 1 saturated heterocycles. The molecule has 0 spiro atoms. The minimum absolute atomic E-state index is 0.127. The Bertz CT molecular complexity index is 874. The lowest BCUT2D eigenvalue weighted by atomic mass is 10.1. The Labute approximate surface area is 179 Å². The Morgan fingerprint density at radius 2 is 1.52 bits per heavy atom. The van der Waals surface area contributed by atoms with Gasteiger partial charge in [0.05, 0.1) is 5.56 Å². The quantitative estimate of drug-likeness (QED) is 0.525. The van der Waals surface area contributed by atoms with Crippen molar-refractivity contribution < 1.29 is 22.8 Å². The zero-order valence-corrected chi connectivity index (χ0v) is 17.2. The molecule has 2 aromatic carbocycles. The number of aryl methyl sites for hydroxylation is 1. The fourth-order valence-corrected chi connectivity index (χ4v) is 3.53. The molecule has 5 nitrogen and oxygen atoms in total. The van der Waals surface area contributed by atoms with Gasteiger partial charge in [-0.1, -0.05) is 12.1 Å². The highest BCUT2D eigenvalue weighted by atomic mass is 19.4. The van der Waals surface area contributed by atoms with Crippen molar-refractivity contribution in [2.24, 2.45) is 0 Å². The van der Waals surface area contributed by atoms with E-state index in [9.17, 15) is 22.8 Å². The van der Waals surface area contributed by atoms with E-state index in [0.717, 1.165) is 49.3 Å². The highest BCUT2D eigenvalue weighted by Gasteiger charge is 2.30. The number of rotatable bonds is 6. The van der Waals surface area contributed by atoms with Crippen LogP contribution in [0.5, 0.6) is 0 Å². The topological polar surface area (TPSA) is 61.4 Å². The first-order valence-electron chi connectivity index (χ1n) is 10.4. The van der Waals surface area contributed by atoms with Gasteiger partial charge in [0.1, 0.15) is 0 Å². The van der Waals surface area contributed by atoms with E-state index in [-0.39, 0.29) is 5.69 Å². The third-order valence-electron chi connectivity index (χ3n) is 5.26. The zero-order chi connectivity index (χ0) is 22.3. The monoisotopic (exact) mass is 433 g/mol. The molecular formula is C23H26F3N3O2. The van der Waals surface area contributed by atoms with Crippen LogP contribution in [0.3, 0.4) is 0 Å². The lowest BCUT2D eigenvalue weighted by Gasteiger charge is -2.28. The van der Waals surface area contributed by atoms with Gasteiger partial charge in [-0.05, 0) is 74.1 Å². The standard InChI is InChI=1S/C23H26F3N3O2/c24-23(25,26)18-8-10-19(11-9-18)28-22(31)21(30)27-14-4-5-17-6-12-20(13-7-17)29-15-2-1-3-16-29/h6-13H,1-5,14-16H2,(H,27,30)(H,28,31). The first-order chi connectivity index (χ1) is 14.8. The van der Waals surface area contributed by atoms with E-state index in [0.29, 0.717) is 13.0 Å². The molecule has 2 aromatic rings. The Hall–Kier alpha value is -3.03. The maximum absolute atomic E-state index is 12.6. The average Bonchev–Trinajstić information content (AvgIpc) is 2.77. The van der Waals surface area contributed by atoms with Crippen LogP contribution in [-0.4, -0.2) is 31.4 Å². The summed E-state index contributed by atoms with van der Waals surface area (Å²) < 4.78 is 37.7. The van der Waals surface area contributed by atoms with Crippen LogP contribution in [0.15, 0.2) is 48.5 Å². The molecule has 1 aliphatic heterocycles. The van der Waals surface area contributed by atoms with E-state index in [4.69, 9.17) is 0 Å². The van der Waals surface area contributed by atoms with Gasteiger partial charge in [-0.2, -0.15) is 13.2 Å². The van der Waals surface area contributed by atoms with E-state index < -0.39 is 23.6 Å². The van der Waals surface area contributed by atoms with Crippen molar-refractivity contribution >= 4 is 23.2 Å². The van der Waals surface area contributed by atoms with Crippen LogP contribution in [0, 0.1) is 0 Å². The highest BCUT2D eigenvalue weighted by Crippen LogP contribution is 2.29. The first-order valence-corrected chi connectivity index (χ1v) is 10.4. The lowest BCUT2D eigenvalue weighted by Crippen LogP contribution is -2.36. The van der Waals surface area contributed by atoms with Crippen molar-refractivity contribution in [3.05, 3.63) is 59.7 Å². The largest absolute Gasteiger partial charge is 0.416 e. The maximum Gasteiger partial charge on any atom is 0.416 e. The van der Waals surface area contributed by atoms with Crippen molar-refractivity contribution in [2.45, 2.75) is 38.3 Å². The number of hydrogen-bond acceptors (Lipinski definition) is 3. The van der Waals surface area contributed by atoms with Gasteiger partial charge >= 0.3 is 18.0 Å². The summed E-state index contributed by atoms with van der Waals surface area (Å²) in [6, 6.07) is 12.3. The SMILES string of the molecule is O=C(NCCCc1ccc(N2CCCCC2)cc1)C(=O)Nc1ccc(C(F)(F)F)cc1. The molecule has 0 radical (unpaired) electrons. The summed E-state index contributed by atoms with van der Waals surface area (Å²) in [7, 11) is 0. The molecule has 166 valence electrons. The number of carbonyl (C=O) groups is 2. The Morgan fingerprint density at radius 1 is 0.871 bits per heavy atom. The van der Waals surface area contributed by atoms with Gasteiger partial charge in [0.25, 0.3) is 0 Å². The smallest absolute Gasteiger partial charge is 0.372 e. The number of nitrogens with one attached hydrogen (secondary N) is 2. The molecule has 2 amide bonds. The Balaban J connectivity index is 1.38. The van der Waals surface area contributed by atoms with Gasteiger partial charge in [0.2, 0.25) is 0 Å². The minimum atomic E-state index is -4.45. The minimum Gasteiger partial charge on any atom is -0.372 e. The van der Waals surface area contributed by atoms with E-state index in [1.807, 2.05) is 0 Å². The number of benzene rings is 2. The van der Waals surface area contributed by atoms with Crippen molar-refractivity contribution in [1.82, 2.24) is 5.32 Å². The number of halogens is 3. The molecule has 0 bridgehead atoms. The molecule has 0 aliphatic carbocycles. The van der Waals surface area contributed by atoms with Gasteiger partial charge in [0.15, 0.2) is 0 Å². The van der Waals surface area contributed by atoms with E-state index >= 15 is 0 Å². The number of carbonyl (C=O) groups excluding carboxylic acids is 2. The predicted octanol–water partition coefficient (Wildman–Crippen LogP) is 4.38. The molecule has 2 N–H and O–H groups in total. The number of anilines is 2. The molecule has 0 saturated carbocycles. The van der Waals surface area contributed by atoms with Crippen LogP contribution in [0.25, 0.3) is 0 Å². The summed E-state index contributed by atoms with van der Waals surface area (Å²) >= 11 is 0. The molecular weight excluding hydrogens is 407 g/mol. The molecule has 8 heteroatoms. The second kappa shape index (κ2) is 10.3. The number of nitrogens with zero attached hydrogens (tertiary/aromatic N) is 1. The van der Waals surface area contributed by atoms with Gasteiger partial charge in [-0.3, -0.25) is 9.59 Å². The third-order valence-corrected chi connectivity index (χ3v) is 5.26. The number of alkyl halides is 3. The summed E-state index contributed by atoms with van der Waals surface area (Å²) in [6.07, 6.45) is 0.738. The normalized spacial score (nSPS) is 14.2. The van der Waals surface area contributed by atoms with Gasteiger partial charge in [0, 0.05) is 31.0 Å². The van der Waals surface area contributed by atoms with Crippen molar-refractivity contribution in [3.63, 3.8) is 0 Å². The zero-order valence-electron chi connectivity index (χ0n) is 17.2. The molecule has 0 unspecified atom stereocenters. The van der Waals surface area contributed by atoms with Crippen LogP contribution in [0.1, 0.15) is 36.8 Å². The third kappa shape index (κ3) is 6.73. The van der Waals surface area contributed by atoms with Crippen molar-refractivity contribution in [2.75, 3.05) is 29.9 Å². The van der Waals surface area contributed by atoms with Crippen LogP contribution in [-0.2, 0) is 22.2 Å². The van der Waals surface area contributed by atoms with E-state index in [2.05, 4.69) is 39.8 Å². The fraction of sp³-hybridized carbons (Fsp3) is 0.391. The van der Waals surface area contributed by atoms with Crippen LogP contribution in [0.4, 0.5) is 24.5 Å². The summed E-state index contributed by atoms with van der Waals surface area (Å²) in [5, 5.41) is 4.83. The van der Waals surface area contributed by atoms with Gasteiger partial charge in [-0.15, -0.1) is 0 Å². The first kappa shape index (κ1) is 22.7. The van der Waals surface area contributed by atoms with Crippen molar-refractivity contribution in [3.8, 4) is 0 Å². The van der Waals surface area contributed by atoms with E-state index in [1.54, 1.807) is 0 Å². The maximum atomic E-state index is 12.6. The molecule has 1 fully saturated rings. The molecule has 0 atom stereocenters. The predicted molar refractivity (Wildman–Crippen MR) is 114 cm³/mol. The number of hydrogen-bond donors (Lipinski definition) is 2. The molecule has 31 heavy (non-hydrogen) atoms. The lowest BCUT2D eigenvalue weighted by molar-refractivity contribution is -0.137. The van der Waals surface area contributed by atoms with Crippen LogP contribution < -0.4 is 15.5 Å². The summed E-state index contributed by atoms with van der Waals surface area (Å²) in [5.74, 6) is -1.73. The molecule has 0 aromatic heterocycles. The van der Waals surface area contributed by atoms with Crippen LogP contribution in [0.2, 0.25) is 0 Å². The molecule has 1 aliphatic rings. The molecule has 1 heterocycles. The summed E-state index contributed by atoms with van der Waals surface area (Å²) in [5.41, 5.74) is 1.70. The number of amides is 2. The second-order valence-corrected chi connectivity index (χ2v) is 7.60. The summed E-state index contributed by atoms with van der Waals surface area (Å²) in [4.78, 5) is 26.2. The van der Waals surface area contributed by atoms with Gasteiger partial charge in [-0.25, -0.2) is 0 Å². The fourth-order valence-electron chi connectivity index (χ4n) is 3.53. The second-order valence-electron chi connectivity index (χ2n) is 7.60. The summed E-state index contributed by atoms with van der Waals surface area (Å²) in [6.45, 7) is 2.52. The van der Waals surface area contributed by atoms with Gasteiger partial charge < -0.3 is 15.5 Å². The van der Waals surface area contributed by atoms with E-state index in [1.165, 1.54) is 24.9 Å². The highest BCUT2D eigenvalue weighted by molar-refractivity contribution is 6.39.